The van der Waals surface area contributed by atoms with Crippen LogP contribution < -0.4 is 10.6 Å². The number of nitrogens with zero attached hydrogens (tertiary/aromatic N) is 1. The highest BCUT2D eigenvalue weighted by Crippen LogP contribution is 2.37. The number of halogens is 3. The number of aryl methyl sites for hydroxylation is 2. The second-order valence-electron chi connectivity index (χ2n) is 6.62. The third kappa shape index (κ3) is 4.80. The Balaban J connectivity index is 2.52. The van der Waals surface area contributed by atoms with Gasteiger partial charge in [-0.15, -0.1) is 0 Å². The van der Waals surface area contributed by atoms with Gasteiger partial charge in [0.05, 0.1) is 16.8 Å². The highest BCUT2D eigenvalue weighted by Gasteiger charge is 2.64. The molecule has 160 valence electrons. The third-order valence-corrected chi connectivity index (χ3v) is 5.41. The van der Waals surface area contributed by atoms with Crippen molar-refractivity contribution in [3.05, 3.63) is 23.3 Å². The summed E-state index contributed by atoms with van der Waals surface area (Å²) in [6.07, 6.45) is -4.30. The number of anilines is 1. The van der Waals surface area contributed by atoms with Gasteiger partial charge >= 0.3 is 17.8 Å². The van der Waals surface area contributed by atoms with E-state index in [1.807, 2.05) is 25.2 Å². The Labute approximate surface area is 170 Å². The van der Waals surface area contributed by atoms with Crippen molar-refractivity contribution < 1.29 is 27.5 Å². The Hall–Kier alpha value is -2.36. The van der Waals surface area contributed by atoms with Gasteiger partial charge in [-0.05, 0) is 44.4 Å². The molecule has 1 amide bonds. The molecule has 0 fully saturated rings. The van der Waals surface area contributed by atoms with E-state index in [1.165, 1.54) is 6.92 Å². The van der Waals surface area contributed by atoms with E-state index in [-0.39, 0.29) is 18.2 Å². The van der Waals surface area contributed by atoms with E-state index in [4.69, 9.17) is 0 Å². The fourth-order valence-corrected chi connectivity index (χ4v) is 3.66. The fourth-order valence-electron chi connectivity index (χ4n) is 2.68. The highest BCUT2D eigenvalue weighted by atomic mass is 32.1. The number of benzene rings is 1. The van der Waals surface area contributed by atoms with Gasteiger partial charge in [0.25, 0.3) is 0 Å². The monoisotopic (exact) mass is 431 g/mol. The van der Waals surface area contributed by atoms with E-state index in [9.17, 15) is 22.8 Å². The number of thiazole rings is 1. The summed E-state index contributed by atoms with van der Waals surface area (Å²) >= 11 is 0.962. The summed E-state index contributed by atoms with van der Waals surface area (Å²) < 4.78 is 47.7. The van der Waals surface area contributed by atoms with Crippen molar-refractivity contribution in [1.29, 1.82) is 0 Å². The second-order valence-corrected chi connectivity index (χ2v) is 7.65. The average Bonchev–Trinajstić information content (AvgIpc) is 3.05. The first kappa shape index (κ1) is 22.9. The largest absolute Gasteiger partial charge is 0.463 e. The topological polar surface area (TPSA) is 80.3 Å². The number of carbonyl (C=O) groups excluding carboxylic acids is 2. The number of hydrogen-bond acceptors (Lipinski definition) is 6. The standard InChI is InChI=1S/C19H24F3N3O3S/c1-5-7-8-14(26)24-18(19(20,21)22,16(27)28-6-2)25-17-23-15-12(4)11(3)9-10-13(15)29-17/h9-10H,5-8H2,1-4H3,(H,23,25)(H,24,26)/t18-/m1/s1. The first-order valence-electron chi connectivity index (χ1n) is 9.25. The zero-order valence-corrected chi connectivity index (χ0v) is 17.5. The molecule has 2 rings (SSSR count). The van der Waals surface area contributed by atoms with Gasteiger partial charge in [-0.25, -0.2) is 9.78 Å². The molecule has 1 aromatic heterocycles. The number of ether oxygens (including phenoxy) is 1. The van der Waals surface area contributed by atoms with E-state index in [0.29, 0.717) is 23.1 Å². The predicted molar refractivity (Wildman–Crippen MR) is 106 cm³/mol. The van der Waals surface area contributed by atoms with Crippen LogP contribution in [-0.4, -0.2) is 35.3 Å². The lowest BCUT2D eigenvalue weighted by molar-refractivity contribution is -0.207. The first-order chi connectivity index (χ1) is 13.6. The van der Waals surface area contributed by atoms with Crippen molar-refractivity contribution in [2.75, 3.05) is 11.9 Å². The molecule has 0 radical (unpaired) electrons. The molecule has 0 spiro atoms. The Kier molecular flexibility index (Phi) is 7.10. The van der Waals surface area contributed by atoms with E-state index in [2.05, 4.69) is 15.0 Å². The highest BCUT2D eigenvalue weighted by molar-refractivity contribution is 7.22. The molecule has 2 aromatic rings. The summed E-state index contributed by atoms with van der Waals surface area (Å²) in [5.41, 5.74) is -1.12. The maximum atomic E-state index is 14.1. The minimum atomic E-state index is -5.16. The van der Waals surface area contributed by atoms with Crippen LogP contribution in [0.15, 0.2) is 12.1 Å². The number of nitrogens with one attached hydrogen (secondary N) is 2. The predicted octanol–water partition coefficient (Wildman–Crippen LogP) is 4.45. The minimum absolute atomic E-state index is 0.144. The fraction of sp³-hybridized carbons (Fsp3) is 0.526. The van der Waals surface area contributed by atoms with Crippen LogP contribution in [0.3, 0.4) is 0 Å². The maximum absolute atomic E-state index is 14.1. The SMILES string of the molecule is CCCCC(=O)N[C@@](Nc1nc2c(C)c(C)ccc2s1)(C(=O)OCC)C(F)(F)F. The molecule has 2 N–H and O–H groups in total. The number of amides is 1. The molecule has 1 atom stereocenters. The molecule has 1 aromatic carbocycles. The van der Waals surface area contributed by atoms with Crippen molar-refractivity contribution in [1.82, 2.24) is 10.3 Å². The number of hydrogen-bond donors (Lipinski definition) is 2. The van der Waals surface area contributed by atoms with Crippen LogP contribution in [0.5, 0.6) is 0 Å². The Morgan fingerprint density at radius 1 is 1.21 bits per heavy atom. The maximum Gasteiger partial charge on any atom is 0.442 e. The molecule has 1 heterocycles. The van der Waals surface area contributed by atoms with Crippen LogP contribution in [-0.2, 0) is 14.3 Å². The van der Waals surface area contributed by atoms with Crippen LogP contribution in [0.1, 0.15) is 44.2 Å². The Bertz CT molecular complexity index is 898. The summed E-state index contributed by atoms with van der Waals surface area (Å²) in [5.74, 6) is -2.54. The van der Waals surface area contributed by atoms with Gasteiger partial charge in [0.1, 0.15) is 0 Å². The van der Waals surface area contributed by atoms with Gasteiger partial charge in [-0.2, -0.15) is 13.2 Å². The zero-order chi connectivity index (χ0) is 21.8. The quantitative estimate of drug-likeness (QED) is 0.477. The molecule has 10 heteroatoms. The first-order valence-corrected chi connectivity index (χ1v) is 10.1. The lowest BCUT2D eigenvalue weighted by Crippen LogP contribution is -2.69. The van der Waals surface area contributed by atoms with Gasteiger partial charge in [0.15, 0.2) is 5.13 Å². The minimum Gasteiger partial charge on any atom is -0.463 e. The van der Waals surface area contributed by atoms with Crippen LogP contribution >= 0.6 is 11.3 Å². The average molecular weight is 431 g/mol. The Morgan fingerprint density at radius 2 is 1.90 bits per heavy atom. The molecule has 0 aliphatic rings. The summed E-state index contributed by atoms with van der Waals surface area (Å²) in [4.78, 5) is 28.8. The number of alkyl halides is 3. The molecule has 29 heavy (non-hydrogen) atoms. The number of fused-ring (bicyclic) bond motifs is 1. The molecular weight excluding hydrogens is 407 g/mol. The van der Waals surface area contributed by atoms with Crippen LogP contribution in [0.4, 0.5) is 18.3 Å². The van der Waals surface area contributed by atoms with Crippen molar-refractivity contribution in [3.63, 3.8) is 0 Å². The number of esters is 1. The molecule has 0 unspecified atom stereocenters. The van der Waals surface area contributed by atoms with E-state index < -0.39 is 23.7 Å². The number of rotatable bonds is 8. The van der Waals surface area contributed by atoms with Crippen molar-refractivity contribution in [3.8, 4) is 0 Å². The van der Waals surface area contributed by atoms with Crippen LogP contribution in [0, 0.1) is 13.8 Å². The van der Waals surface area contributed by atoms with E-state index in [0.717, 1.165) is 22.5 Å². The molecule has 0 bridgehead atoms. The van der Waals surface area contributed by atoms with Crippen molar-refractivity contribution in [2.45, 2.75) is 58.8 Å². The zero-order valence-electron chi connectivity index (χ0n) is 16.7. The van der Waals surface area contributed by atoms with Crippen LogP contribution in [0.2, 0.25) is 0 Å². The van der Waals surface area contributed by atoms with Gasteiger partial charge in [-0.3, -0.25) is 4.79 Å². The van der Waals surface area contributed by atoms with Gasteiger partial charge in [0.2, 0.25) is 5.91 Å². The molecule has 0 aliphatic heterocycles. The van der Waals surface area contributed by atoms with E-state index >= 15 is 0 Å². The molecule has 0 saturated heterocycles. The number of carbonyl (C=O) groups is 2. The Morgan fingerprint density at radius 3 is 2.48 bits per heavy atom. The van der Waals surface area contributed by atoms with Gasteiger partial charge < -0.3 is 15.4 Å². The molecule has 0 aliphatic carbocycles. The van der Waals surface area contributed by atoms with Crippen LogP contribution in [0.25, 0.3) is 10.2 Å². The van der Waals surface area contributed by atoms with Gasteiger partial charge in [0, 0.05) is 6.42 Å². The normalized spacial score (nSPS) is 13.8. The molecule has 6 nitrogen and oxygen atoms in total. The molecular formula is C19H24F3N3O3S. The summed E-state index contributed by atoms with van der Waals surface area (Å²) in [7, 11) is 0. The third-order valence-electron chi connectivity index (χ3n) is 4.47. The number of aromatic nitrogens is 1. The van der Waals surface area contributed by atoms with Gasteiger partial charge in [-0.1, -0.05) is 30.7 Å². The van der Waals surface area contributed by atoms with Crippen molar-refractivity contribution >= 4 is 38.6 Å². The summed E-state index contributed by atoms with van der Waals surface area (Å²) in [5, 5.41) is 3.82. The lowest BCUT2D eigenvalue weighted by atomic mass is 10.1. The molecule has 0 saturated carbocycles. The lowest BCUT2D eigenvalue weighted by Gasteiger charge is -2.34. The van der Waals surface area contributed by atoms with E-state index in [1.54, 1.807) is 13.0 Å². The smallest absolute Gasteiger partial charge is 0.442 e. The number of unbranched alkanes of at least 4 members (excludes halogenated alkanes) is 1. The second kappa shape index (κ2) is 8.98. The van der Waals surface area contributed by atoms with Crippen molar-refractivity contribution in [2.24, 2.45) is 0 Å². The summed E-state index contributed by atoms with van der Waals surface area (Å²) in [6.45, 7) is 6.60. The summed E-state index contributed by atoms with van der Waals surface area (Å²) in [6, 6.07) is 3.59.